The van der Waals surface area contributed by atoms with E-state index in [2.05, 4.69) is 11.3 Å². The molecule has 0 N–H and O–H groups in total. The number of rotatable bonds is 3. The third-order valence-electron chi connectivity index (χ3n) is 1.41. The molecule has 0 radical (unpaired) electrons. The highest BCUT2D eigenvalue weighted by Crippen LogP contribution is 2.26. The Morgan fingerprint density at radius 1 is 1.43 bits per heavy atom. The second-order valence-corrected chi connectivity index (χ2v) is 2.28. The van der Waals surface area contributed by atoms with Gasteiger partial charge in [-0.25, -0.2) is 4.39 Å². The highest BCUT2D eigenvalue weighted by atomic mass is 19.1. The molecule has 0 saturated heterocycles. The van der Waals surface area contributed by atoms with E-state index in [9.17, 15) is 18.9 Å². The molecule has 0 saturated carbocycles. The lowest BCUT2D eigenvalue weighted by atomic mass is 10.3. The normalized spacial score (nSPS) is 9.57. The molecule has 0 aliphatic rings. The molecule has 0 aliphatic heterocycles. The summed E-state index contributed by atoms with van der Waals surface area (Å²) in [5.74, 6) is -2.62. The van der Waals surface area contributed by atoms with Crippen LogP contribution in [-0.4, -0.2) is 4.92 Å². The van der Waals surface area contributed by atoms with E-state index in [0.717, 1.165) is 6.26 Å². The largest absolute Gasteiger partial charge is 0.462 e. The van der Waals surface area contributed by atoms with E-state index in [4.69, 9.17) is 0 Å². The fourth-order valence-electron chi connectivity index (χ4n) is 0.838. The van der Waals surface area contributed by atoms with Crippen molar-refractivity contribution in [1.29, 1.82) is 0 Å². The van der Waals surface area contributed by atoms with Gasteiger partial charge >= 0.3 is 5.69 Å². The second kappa shape index (κ2) is 3.82. The van der Waals surface area contributed by atoms with Crippen molar-refractivity contribution in [1.82, 2.24) is 0 Å². The molecule has 0 fully saturated rings. The molecule has 74 valence electrons. The first-order chi connectivity index (χ1) is 6.56. The van der Waals surface area contributed by atoms with E-state index in [-0.39, 0.29) is 0 Å². The average molecular weight is 201 g/mol. The van der Waals surface area contributed by atoms with Crippen molar-refractivity contribution in [3.8, 4) is 5.75 Å². The predicted molar refractivity (Wildman–Crippen MR) is 43.8 cm³/mol. The molecular weight excluding hydrogens is 196 g/mol. The van der Waals surface area contributed by atoms with Gasteiger partial charge in [0.15, 0.2) is 11.6 Å². The lowest BCUT2D eigenvalue weighted by molar-refractivity contribution is -0.387. The van der Waals surface area contributed by atoms with E-state index in [0.29, 0.717) is 12.1 Å². The summed E-state index contributed by atoms with van der Waals surface area (Å²) in [6.07, 6.45) is 0.893. The van der Waals surface area contributed by atoms with Gasteiger partial charge in [0.2, 0.25) is 5.82 Å². The smallest absolute Gasteiger partial charge is 0.307 e. The lowest BCUT2D eigenvalue weighted by Crippen LogP contribution is -1.96. The molecule has 0 heterocycles. The zero-order valence-corrected chi connectivity index (χ0v) is 6.87. The Labute approximate surface area is 77.6 Å². The highest BCUT2D eigenvalue weighted by molar-refractivity contribution is 5.39. The van der Waals surface area contributed by atoms with Crippen LogP contribution in [0.15, 0.2) is 25.0 Å². The highest BCUT2D eigenvalue weighted by Gasteiger charge is 2.18. The van der Waals surface area contributed by atoms with Crippen LogP contribution in [0, 0.1) is 21.7 Å². The zero-order valence-electron chi connectivity index (χ0n) is 6.87. The van der Waals surface area contributed by atoms with Crippen LogP contribution >= 0.6 is 0 Å². The Hall–Kier alpha value is -1.98. The van der Waals surface area contributed by atoms with Gasteiger partial charge in [-0.05, 0) is 0 Å². The molecule has 1 rings (SSSR count). The molecule has 0 atom stereocenters. The van der Waals surface area contributed by atoms with Crippen molar-refractivity contribution in [3.05, 3.63) is 46.7 Å². The molecule has 4 nitrogen and oxygen atoms in total. The molecule has 1 aromatic carbocycles. The standard InChI is InChI=1S/C8H5F2NO3/c1-2-14-8-4-5(9)7(11(12)13)3-6(8)10/h2-4H,1H2. The molecule has 14 heavy (non-hydrogen) atoms. The summed E-state index contributed by atoms with van der Waals surface area (Å²) in [6, 6.07) is 1.04. The molecule has 0 aliphatic carbocycles. The Bertz CT molecular complexity index is 392. The van der Waals surface area contributed by atoms with Gasteiger partial charge in [-0.15, -0.1) is 0 Å². The number of hydrogen-bond acceptors (Lipinski definition) is 3. The van der Waals surface area contributed by atoms with Gasteiger partial charge in [0, 0.05) is 6.07 Å². The van der Waals surface area contributed by atoms with Gasteiger partial charge in [-0.3, -0.25) is 10.1 Å². The average Bonchev–Trinajstić information content (AvgIpc) is 2.10. The molecule has 0 bridgehead atoms. The van der Waals surface area contributed by atoms with Crippen LogP contribution in [0.3, 0.4) is 0 Å². The van der Waals surface area contributed by atoms with E-state index in [1.807, 2.05) is 0 Å². The first-order valence-corrected chi connectivity index (χ1v) is 3.47. The summed E-state index contributed by atoms with van der Waals surface area (Å²) in [5, 5.41) is 10.2. The van der Waals surface area contributed by atoms with Crippen molar-refractivity contribution < 1.29 is 18.4 Å². The first-order valence-electron chi connectivity index (χ1n) is 3.47. The van der Waals surface area contributed by atoms with Gasteiger partial charge in [0.1, 0.15) is 0 Å². The van der Waals surface area contributed by atoms with Gasteiger partial charge in [-0.1, -0.05) is 6.58 Å². The number of halogens is 2. The summed E-state index contributed by atoms with van der Waals surface area (Å²) in [4.78, 5) is 9.16. The van der Waals surface area contributed by atoms with Crippen molar-refractivity contribution in [2.24, 2.45) is 0 Å². The lowest BCUT2D eigenvalue weighted by Gasteiger charge is -2.01. The van der Waals surface area contributed by atoms with Crippen molar-refractivity contribution in [2.45, 2.75) is 0 Å². The molecule has 0 spiro atoms. The van der Waals surface area contributed by atoms with E-state index < -0.39 is 28.0 Å². The predicted octanol–water partition coefficient (Wildman–Crippen LogP) is 2.40. The minimum absolute atomic E-state index is 0.442. The van der Waals surface area contributed by atoms with E-state index >= 15 is 0 Å². The molecular formula is C8H5F2NO3. The Morgan fingerprint density at radius 3 is 2.57 bits per heavy atom. The maximum Gasteiger partial charge on any atom is 0.307 e. The minimum Gasteiger partial charge on any atom is -0.462 e. The minimum atomic E-state index is -1.16. The molecule has 1 aromatic rings. The molecule has 6 heteroatoms. The van der Waals surface area contributed by atoms with Crippen molar-refractivity contribution >= 4 is 5.69 Å². The third kappa shape index (κ3) is 1.85. The molecule has 0 amide bonds. The maximum atomic E-state index is 12.9. The second-order valence-electron chi connectivity index (χ2n) is 2.28. The van der Waals surface area contributed by atoms with Crippen molar-refractivity contribution in [3.63, 3.8) is 0 Å². The van der Waals surface area contributed by atoms with Gasteiger partial charge in [-0.2, -0.15) is 4.39 Å². The van der Waals surface area contributed by atoms with Gasteiger partial charge in [0.05, 0.1) is 17.3 Å². The molecule has 0 aromatic heterocycles. The maximum absolute atomic E-state index is 12.9. The number of ether oxygens (including phenoxy) is 1. The Balaban J connectivity index is 3.23. The van der Waals surface area contributed by atoms with Crippen molar-refractivity contribution in [2.75, 3.05) is 0 Å². The third-order valence-corrected chi connectivity index (χ3v) is 1.41. The quantitative estimate of drug-likeness (QED) is 0.428. The monoisotopic (exact) mass is 201 g/mol. The summed E-state index contributed by atoms with van der Waals surface area (Å²) >= 11 is 0. The summed E-state index contributed by atoms with van der Waals surface area (Å²) < 4.78 is 30.3. The topological polar surface area (TPSA) is 52.4 Å². The van der Waals surface area contributed by atoms with Crippen LogP contribution in [0.4, 0.5) is 14.5 Å². The first kappa shape index (κ1) is 10.1. The van der Waals surface area contributed by atoms with Crippen LogP contribution in [-0.2, 0) is 0 Å². The number of nitro groups is 1. The number of benzene rings is 1. The van der Waals surface area contributed by atoms with Crippen LogP contribution in [0.5, 0.6) is 5.75 Å². The van der Waals surface area contributed by atoms with Gasteiger partial charge < -0.3 is 4.74 Å². The molecule has 0 unspecified atom stereocenters. The number of nitro benzene ring substituents is 1. The number of nitrogens with zero attached hydrogens (tertiary/aromatic N) is 1. The summed E-state index contributed by atoms with van der Waals surface area (Å²) in [6.45, 7) is 3.14. The Kier molecular flexibility index (Phi) is 2.76. The van der Waals surface area contributed by atoms with E-state index in [1.54, 1.807) is 0 Å². The summed E-state index contributed by atoms with van der Waals surface area (Å²) in [5.41, 5.74) is -0.932. The summed E-state index contributed by atoms with van der Waals surface area (Å²) in [7, 11) is 0. The van der Waals surface area contributed by atoms with Gasteiger partial charge in [0.25, 0.3) is 0 Å². The zero-order chi connectivity index (χ0) is 10.7. The van der Waals surface area contributed by atoms with E-state index in [1.165, 1.54) is 0 Å². The number of hydrogen-bond donors (Lipinski definition) is 0. The van der Waals surface area contributed by atoms with Crippen LogP contribution in [0.2, 0.25) is 0 Å². The van der Waals surface area contributed by atoms with Crippen LogP contribution < -0.4 is 4.74 Å². The SMILES string of the molecule is C=COc1cc(F)c([N+](=O)[O-])cc1F. The fourth-order valence-corrected chi connectivity index (χ4v) is 0.838. The Morgan fingerprint density at radius 2 is 2.07 bits per heavy atom. The fraction of sp³-hybridized carbons (Fsp3) is 0. The van der Waals surface area contributed by atoms with Crippen LogP contribution in [0.25, 0.3) is 0 Å². The van der Waals surface area contributed by atoms with Crippen LogP contribution in [0.1, 0.15) is 0 Å².